The van der Waals surface area contributed by atoms with E-state index in [9.17, 15) is 0 Å². The van der Waals surface area contributed by atoms with Crippen molar-refractivity contribution in [3.8, 4) is 5.88 Å². The minimum absolute atomic E-state index is 0. The summed E-state index contributed by atoms with van der Waals surface area (Å²) >= 11 is 1.80. The average molecular weight is 531 g/mol. The summed E-state index contributed by atoms with van der Waals surface area (Å²) in [4.78, 5) is 12.8. The van der Waals surface area contributed by atoms with E-state index in [0.717, 1.165) is 50.9 Å². The largest absolute Gasteiger partial charge is 0.481 e. The van der Waals surface area contributed by atoms with Gasteiger partial charge in [-0.05, 0) is 23.9 Å². The summed E-state index contributed by atoms with van der Waals surface area (Å²) in [5.41, 5.74) is 1.04. The van der Waals surface area contributed by atoms with Gasteiger partial charge in [-0.25, -0.2) is 9.98 Å². The number of methoxy groups -OCH3 is 1. The van der Waals surface area contributed by atoms with Crippen LogP contribution in [-0.2, 0) is 11.3 Å². The normalized spacial score (nSPS) is 16.0. The number of hydrogen-bond donors (Lipinski definition) is 2. The summed E-state index contributed by atoms with van der Waals surface area (Å²) in [5, 5.41) is 8.99. The van der Waals surface area contributed by atoms with E-state index in [-0.39, 0.29) is 24.0 Å². The lowest BCUT2D eigenvalue weighted by molar-refractivity contribution is 0.0177. The van der Waals surface area contributed by atoms with Crippen molar-refractivity contribution in [2.45, 2.75) is 19.5 Å². The number of pyridine rings is 1. The van der Waals surface area contributed by atoms with Gasteiger partial charge in [0.1, 0.15) is 0 Å². The highest BCUT2D eigenvalue weighted by atomic mass is 127. The Morgan fingerprint density at radius 3 is 2.76 bits per heavy atom. The fourth-order valence-electron chi connectivity index (χ4n) is 3.11. The molecule has 0 saturated carbocycles. The van der Waals surface area contributed by atoms with Crippen LogP contribution < -0.4 is 15.4 Å². The van der Waals surface area contributed by atoms with Crippen LogP contribution in [0.5, 0.6) is 5.88 Å². The number of nitrogens with zero attached hydrogens (tertiary/aromatic N) is 3. The molecular formula is C20H30IN5O2S. The van der Waals surface area contributed by atoms with E-state index in [1.54, 1.807) is 24.6 Å². The minimum Gasteiger partial charge on any atom is -0.481 e. The molecule has 1 saturated heterocycles. The zero-order valence-electron chi connectivity index (χ0n) is 17.0. The van der Waals surface area contributed by atoms with E-state index < -0.39 is 0 Å². The van der Waals surface area contributed by atoms with Crippen molar-refractivity contribution >= 4 is 41.3 Å². The molecule has 2 aromatic heterocycles. The highest BCUT2D eigenvalue weighted by Gasteiger charge is 2.23. The molecule has 7 nitrogen and oxygen atoms in total. The van der Waals surface area contributed by atoms with Crippen molar-refractivity contribution in [1.82, 2.24) is 20.5 Å². The van der Waals surface area contributed by atoms with Crippen molar-refractivity contribution in [3.05, 3.63) is 46.3 Å². The van der Waals surface area contributed by atoms with Crippen LogP contribution in [0, 0.1) is 0 Å². The zero-order valence-corrected chi connectivity index (χ0v) is 20.1. The zero-order chi connectivity index (χ0) is 19.6. The van der Waals surface area contributed by atoms with Gasteiger partial charge in [-0.3, -0.25) is 4.90 Å². The van der Waals surface area contributed by atoms with Crippen LogP contribution in [-0.4, -0.2) is 62.3 Å². The first-order valence-electron chi connectivity index (χ1n) is 9.66. The molecule has 1 aliphatic heterocycles. The van der Waals surface area contributed by atoms with Crippen LogP contribution in [0.15, 0.2) is 40.8 Å². The molecular weight excluding hydrogens is 501 g/mol. The van der Waals surface area contributed by atoms with Gasteiger partial charge in [0.15, 0.2) is 5.96 Å². The Kier molecular flexibility index (Phi) is 10.7. The quantitative estimate of drug-likeness (QED) is 0.310. The van der Waals surface area contributed by atoms with Gasteiger partial charge in [-0.1, -0.05) is 12.1 Å². The Morgan fingerprint density at radius 2 is 2.14 bits per heavy atom. The number of thiophene rings is 1. The molecule has 1 unspecified atom stereocenters. The van der Waals surface area contributed by atoms with E-state index >= 15 is 0 Å². The maximum atomic E-state index is 5.53. The van der Waals surface area contributed by atoms with E-state index in [2.05, 4.69) is 45.0 Å². The lowest BCUT2D eigenvalue weighted by Gasteiger charge is -2.34. The lowest BCUT2D eigenvalue weighted by Crippen LogP contribution is -2.46. The van der Waals surface area contributed by atoms with E-state index in [0.29, 0.717) is 18.5 Å². The van der Waals surface area contributed by atoms with Crippen molar-refractivity contribution in [1.29, 1.82) is 0 Å². The molecule has 1 fully saturated rings. The maximum absolute atomic E-state index is 5.53. The van der Waals surface area contributed by atoms with Crippen LogP contribution in [0.1, 0.15) is 23.4 Å². The second-order valence-electron chi connectivity index (χ2n) is 6.46. The molecule has 1 atom stereocenters. The van der Waals surface area contributed by atoms with Crippen molar-refractivity contribution in [2.24, 2.45) is 4.99 Å². The number of nitrogens with one attached hydrogen (secondary N) is 2. The van der Waals surface area contributed by atoms with Crippen LogP contribution in [0.25, 0.3) is 0 Å². The third-order valence-electron chi connectivity index (χ3n) is 4.59. The molecule has 2 N–H and O–H groups in total. The molecule has 0 aromatic carbocycles. The summed E-state index contributed by atoms with van der Waals surface area (Å²) < 4.78 is 10.6. The Labute approximate surface area is 193 Å². The fourth-order valence-corrected chi connectivity index (χ4v) is 3.97. The molecule has 1 aliphatic rings. The topological polar surface area (TPSA) is 71.0 Å². The molecule has 0 spiro atoms. The molecule has 0 bridgehead atoms. The summed E-state index contributed by atoms with van der Waals surface area (Å²) in [6.07, 6.45) is 1.80. The highest BCUT2D eigenvalue weighted by molar-refractivity contribution is 14.0. The van der Waals surface area contributed by atoms with Crippen molar-refractivity contribution in [3.63, 3.8) is 0 Å². The lowest BCUT2D eigenvalue weighted by atomic mass is 10.2. The number of hydrogen-bond acceptors (Lipinski definition) is 6. The Morgan fingerprint density at radius 1 is 1.31 bits per heavy atom. The first kappa shape index (κ1) is 23.8. The van der Waals surface area contributed by atoms with Gasteiger partial charge in [-0.15, -0.1) is 35.3 Å². The first-order chi connectivity index (χ1) is 13.8. The van der Waals surface area contributed by atoms with Gasteiger partial charge in [-0.2, -0.15) is 0 Å². The number of guanidine groups is 1. The van der Waals surface area contributed by atoms with E-state index in [1.807, 2.05) is 12.1 Å². The average Bonchev–Trinajstić information content (AvgIpc) is 3.28. The van der Waals surface area contributed by atoms with Crippen LogP contribution in [0.3, 0.4) is 0 Å². The van der Waals surface area contributed by atoms with Crippen LogP contribution in [0.4, 0.5) is 0 Å². The van der Waals surface area contributed by atoms with E-state index in [4.69, 9.17) is 14.5 Å². The maximum Gasteiger partial charge on any atom is 0.212 e. The predicted octanol–water partition coefficient (Wildman–Crippen LogP) is 2.90. The number of ether oxygens (including phenoxy) is 2. The Balaban J connectivity index is 0.00000300. The summed E-state index contributed by atoms with van der Waals surface area (Å²) in [6, 6.07) is 8.48. The second-order valence-corrected chi connectivity index (χ2v) is 7.44. The number of aromatic nitrogens is 1. The molecule has 0 amide bonds. The van der Waals surface area contributed by atoms with Gasteiger partial charge in [0.25, 0.3) is 0 Å². The van der Waals surface area contributed by atoms with Gasteiger partial charge >= 0.3 is 0 Å². The second kappa shape index (κ2) is 13.0. The molecule has 160 valence electrons. The number of halogens is 1. The number of morpholine rings is 1. The molecule has 29 heavy (non-hydrogen) atoms. The summed E-state index contributed by atoms with van der Waals surface area (Å²) in [7, 11) is 1.62. The monoisotopic (exact) mass is 531 g/mol. The van der Waals surface area contributed by atoms with Crippen LogP contribution >= 0.6 is 35.3 Å². The molecule has 9 heteroatoms. The smallest absolute Gasteiger partial charge is 0.212 e. The number of rotatable bonds is 8. The van der Waals surface area contributed by atoms with Gasteiger partial charge in [0, 0.05) is 43.3 Å². The minimum atomic E-state index is 0. The predicted molar refractivity (Wildman–Crippen MR) is 128 cm³/mol. The van der Waals surface area contributed by atoms with Gasteiger partial charge in [0.2, 0.25) is 5.88 Å². The summed E-state index contributed by atoms with van der Waals surface area (Å²) in [6.45, 7) is 7.74. The third-order valence-corrected chi connectivity index (χ3v) is 5.57. The van der Waals surface area contributed by atoms with Crippen molar-refractivity contribution < 1.29 is 9.47 Å². The highest BCUT2D eigenvalue weighted by Crippen LogP contribution is 2.25. The summed E-state index contributed by atoms with van der Waals surface area (Å²) in [5.74, 6) is 1.43. The molecule has 3 rings (SSSR count). The third kappa shape index (κ3) is 7.40. The first-order valence-corrected chi connectivity index (χ1v) is 10.5. The van der Waals surface area contributed by atoms with Crippen LogP contribution in [0.2, 0.25) is 0 Å². The standard InChI is InChI=1S/C20H29N5O2S.HI/c1-3-21-20(23-14-16-6-7-19(26-2)22-13-16)24-15-17(18-5-4-12-28-18)25-8-10-27-11-9-25;/h4-7,12-13,17H,3,8-11,14-15H2,1-2H3,(H2,21,23,24);1H. The SMILES string of the molecule is CCNC(=NCc1ccc(OC)nc1)NCC(c1cccs1)N1CCOCC1.I. The van der Waals surface area contributed by atoms with Gasteiger partial charge < -0.3 is 20.1 Å². The molecule has 0 radical (unpaired) electrons. The molecule has 2 aromatic rings. The molecule has 3 heterocycles. The Hall–Kier alpha value is -1.43. The van der Waals surface area contributed by atoms with Crippen molar-refractivity contribution in [2.75, 3.05) is 46.5 Å². The Bertz CT molecular complexity index is 721. The number of aliphatic imine (C=N–C) groups is 1. The van der Waals surface area contributed by atoms with Gasteiger partial charge in [0.05, 0.1) is 32.9 Å². The van der Waals surface area contributed by atoms with E-state index in [1.165, 1.54) is 4.88 Å². The fraction of sp³-hybridized carbons (Fsp3) is 0.500. The molecule has 0 aliphatic carbocycles.